The predicted octanol–water partition coefficient (Wildman–Crippen LogP) is -0.0860. The van der Waals surface area contributed by atoms with Crippen LogP contribution in [0.2, 0.25) is 0 Å². The van der Waals surface area contributed by atoms with Crippen molar-refractivity contribution in [1.29, 1.82) is 0 Å². The molecule has 1 aliphatic rings. The van der Waals surface area contributed by atoms with Crippen LogP contribution in [0.1, 0.15) is 5.69 Å². The van der Waals surface area contributed by atoms with Crippen LogP contribution in [-0.2, 0) is 16.1 Å². The van der Waals surface area contributed by atoms with Crippen molar-refractivity contribution in [3.8, 4) is 0 Å². The molecule has 1 aliphatic heterocycles. The van der Waals surface area contributed by atoms with E-state index in [4.69, 9.17) is 9.26 Å². The van der Waals surface area contributed by atoms with Gasteiger partial charge in [-0.3, -0.25) is 19.7 Å². The third-order valence-corrected chi connectivity index (χ3v) is 3.34. The number of nitrogens with one attached hydrogen (secondary N) is 1. The number of anilines is 1. The number of hydrogen-bond donors (Lipinski definition) is 1. The fourth-order valence-electron chi connectivity index (χ4n) is 2.37. The maximum absolute atomic E-state index is 12.0. The van der Waals surface area contributed by atoms with E-state index in [1.807, 2.05) is 4.90 Å². The first-order chi connectivity index (χ1) is 10.7. The summed E-state index contributed by atoms with van der Waals surface area (Å²) < 4.78 is 12.4. The van der Waals surface area contributed by atoms with Crippen molar-refractivity contribution in [2.45, 2.75) is 19.6 Å². The fraction of sp³-hybridized carbons (Fsp3) is 0.538. The molecular weight excluding hydrogens is 288 g/mol. The molecule has 0 bridgehead atoms. The Hall–Kier alpha value is -2.26. The van der Waals surface area contributed by atoms with Gasteiger partial charge in [0, 0.05) is 19.2 Å². The van der Waals surface area contributed by atoms with Crippen LogP contribution >= 0.6 is 0 Å². The zero-order valence-corrected chi connectivity index (χ0v) is 12.3. The van der Waals surface area contributed by atoms with Crippen molar-refractivity contribution in [3.63, 3.8) is 0 Å². The van der Waals surface area contributed by atoms with Crippen molar-refractivity contribution in [2.24, 2.45) is 0 Å². The second-order valence-corrected chi connectivity index (χ2v) is 5.23. The summed E-state index contributed by atoms with van der Waals surface area (Å²) in [6.45, 7) is 4.69. The molecule has 1 saturated heterocycles. The lowest BCUT2D eigenvalue weighted by molar-refractivity contribution is -0.119. The average Bonchev–Trinajstić information content (AvgIpc) is 3.11. The zero-order valence-electron chi connectivity index (χ0n) is 12.3. The molecule has 0 unspecified atom stereocenters. The predicted molar refractivity (Wildman–Crippen MR) is 76.1 cm³/mol. The summed E-state index contributed by atoms with van der Waals surface area (Å²) in [5, 5.41) is 10.5. The van der Waals surface area contributed by atoms with E-state index in [0.717, 1.165) is 12.2 Å². The van der Waals surface area contributed by atoms with Gasteiger partial charge in [0.2, 0.25) is 11.8 Å². The minimum absolute atomic E-state index is 0.00391. The molecule has 2 aromatic heterocycles. The average molecular weight is 306 g/mol. The molecule has 1 fully saturated rings. The van der Waals surface area contributed by atoms with Crippen LogP contribution in [0.25, 0.3) is 0 Å². The Bertz CT molecular complexity index is 611. The molecule has 9 nitrogen and oxygen atoms in total. The second kappa shape index (κ2) is 6.67. The highest BCUT2D eigenvalue weighted by atomic mass is 16.5. The molecule has 1 atom stereocenters. The maximum atomic E-state index is 12.0. The summed E-state index contributed by atoms with van der Waals surface area (Å²) in [6, 6.07) is 1.69. The molecule has 0 aliphatic carbocycles. The Morgan fingerprint density at radius 1 is 1.55 bits per heavy atom. The van der Waals surface area contributed by atoms with Crippen molar-refractivity contribution >= 4 is 11.8 Å². The molecule has 22 heavy (non-hydrogen) atoms. The van der Waals surface area contributed by atoms with Crippen molar-refractivity contribution in [1.82, 2.24) is 24.8 Å². The van der Waals surface area contributed by atoms with Gasteiger partial charge in [0.05, 0.1) is 31.5 Å². The van der Waals surface area contributed by atoms with E-state index in [1.54, 1.807) is 24.0 Å². The SMILES string of the molecule is Cc1cc(NC(=O)CN2CCO[C@@H](Cn3cncn3)C2)on1. The quantitative estimate of drug-likeness (QED) is 0.824. The fourth-order valence-corrected chi connectivity index (χ4v) is 2.37. The van der Waals surface area contributed by atoms with Crippen molar-refractivity contribution < 1.29 is 14.1 Å². The summed E-state index contributed by atoms with van der Waals surface area (Å²) in [5.41, 5.74) is 0.731. The van der Waals surface area contributed by atoms with Gasteiger partial charge in [0.15, 0.2) is 0 Å². The summed E-state index contributed by atoms with van der Waals surface area (Å²) in [6.07, 6.45) is 3.14. The lowest BCUT2D eigenvalue weighted by Crippen LogP contribution is -2.47. The topological polar surface area (TPSA) is 98.3 Å². The van der Waals surface area contributed by atoms with Crippen LogP contribution in [0.4, 0.5) is 5.88 Å². The molecule has 0 radical (unpaired) electrons. The van der Waals surface area contributed by atoms with Crippen LogP contribution in [0.5, 0.6) is 0 Å². The number of ether oxygens (including phenoxy) is 1. The lowest BCUT2D eigenvalue weighted by atomic mass is 10.2. The van der Waals surface area contributed by atoms with Gasteiger partial charge >= 0.3 is 0 Å². The van der Waals surface area contributed by atoms with Gasteiger partial charge in [0.1, 0.15) is 12.7 Å². The van der Waals surface area contributed by atoms with Crippen molar-refractivity contribution in [2.75, 3.05) is 31.6 Å². The van der Waals surface area contributed by atoms with E-state index < -0.39 is 0 Å². The van der Waals surface area contributed by atoms with Gasteiger partial charge in [-0.2, -0.15) is 5.10 Å². The summed E-state index contributed by atoms with van der Waals surface area (Å²) >= 11 is 0. The van der Waals surface area contributed by atoms with E-state index in [0.29, 0.717) is 25.6 Å². The van der Waals surface area contributed by atoms with E-state index in [-0.39, 0.29) is 18.6 Å². The Kier molecular flexibility index (Phi) is 4.45. The molecule has 118 valence electrons. The van der Waals surface area contributed by atoms with Gasteiger partial charge in [0.25, 0.3) is 0 Å². The molecule has 9 heteroatoms. The van der Waals surface area contributed by atoms with E-state index in [1.165, 1.54) is 6.33 Å². The molecule has 0 aromatic carbocycles. The third kappa shape index (κ3) is 3.89. The summed E-state index contributed by atoms with van der Waals surface area (Å²) in [5.74, 6) is 0.243. The van der Waals surface area contributed by atoms with E-state index in [2.05, 4.69) is 20.6 Å². The Morgan fingerprint density at radius 3 is 3.18 bits per heavy atom. The smallest absolute Gasteiger partial charge is 0.240 e. The molecule has 2 aromatic rings. The number of amides is 1. The van der Waals surface area contributed by atoms with Gasteiger partial charge in [-0.1, -0.05) is 5.16 Å². The molecule has 3 rings (SSSR count). The molecule has 1 amide bonds. The number of nitrogens with zero attached hydrogens (tertiary/aromatic N) is 5. The number of morpholine rings is 1. The lowest BCUT2D eigenvalue weighted by Gasteiger charge is -2.32. The molecular formula is C13H18N6O3. The monoisotopic (exact) mass is 306 g/mol. The largest absolute Gasteiger partial charge is 0.374 e. The molecule has 0 saturated carbocycles. The van der Waals surface area contributed by atoms with E-state index >= 15 is 0 Å². The minimum Gasteiger partial charge on any atom is -0.374 e. The highest BCUT2D eigenvalue weighted by molar-refractivity contribution is 5.90. The molecule has 1 N–H and O–H groups in total. The number of rotatable bonds is 5. The van der Waals surface area contributed by atoms with Crippen LogP contribution < -0.4 is 5.32 Å². The van der Waals surface area contributed by atoms with Crippen LogP contribution in [-0.4, -0.2) is 63.1 Å². The van der Waals surface area contributed by atoms with Crippen LogP contribution in [0.3, 0.4) is 0 Å². The van der Waals surface area contributed by atoms with Gasteiger partial charge in [-0.25, -0.2) is 4.98 Å². The second-order valence-electron chi connectivity index (χ2n) is 5.23. The van der Waals surface area contributed by atoms with Crippen LogP contribution in [0.15, 0.2) is 23.2 Å². The number of hydrogen-bond acceptors (Lipinski definition) is 7. The van der Waals surface area contributed by atoms with Gasteiger partial charge < -0.3 is 9.26 Å². The Balaban J connectivity index is 1.48. The molecule has 3 heterocycles. The maximum Gasteiger partial charge on any atom is 0.240 e. The minimum atomic E-state index is -0.127. The highest BCUT2D eigenvalue weighted by Gasteiger charge is 2.23. The first-order valence-electron chi connectivity index (χ1n) is 7.08. The third-order valence-electron chi connectivity index (χ3n) is 3.34. The summed E-state index contributed by atoms with van der Waals surface area (Å²) in [4.78, 5) is 18.0. The van der Waals surface area contributed by atoms with Crippen molar-refractivity contribution in [3.05, 3.63) is 24.4 Å². The normalized spacial score (nSPS) is 19.2. The Labute approximate surface area is 127 Å². The Morgan fingerprint density at radius 2 is 2.45 bits per heavy atom. The number of carbonyl (C=O) groups is 1. The zero-order chi connectivity index (χ0) is 15.4. The van der Waals surface area contributed by atoms with Crippen LogP contribution in [0, 0.1) is 6.92 Å². The van der Waals surface area contributed by atoms with Gasteiger partial charge in [-0.05, 0) is 6.92 Å². The highest BCUT2D eigenvalue weighted by Crippen LogP contribution is 2.10. The van der Waals surface area contributed by atoms with Gasteiger partial charge in [-0.15, -0.1) is 0 Å². The summed E-state index contributed by atoms with van der Waals surface area (Å²) in [7, 11) is 0. The first-order valence-corrected chi connectivity index (χ1v) is 7.08. The van der Waals surface area contributed by atoms with E-state index in [9.17, 15) is 4.79 Å². The number of carbonyl (C=O) groups excluding carboxylic acids is 1. The number of aryl methyl sites for hydroxylation is 1. The standard InChI is InChI=1S/C13H18N6O3/c1-10-4-13(22-17-10)16-12(20)7-18-2-3-21-11(5-18)6-19-9-14-8-15-19/h4,8-9,11H,2-3,5-7H2,1H3,(H,16,20)/t11-/m1/s1. The first kappa shape index (κ1) is 14.7. The number of aromatic nitrogens is 4. The molecule has 0 spiro atoms.